The topological polar surface area (TPSA) is 52.2 Å². The molecule has 2 aromatic rings. The van der Waals surface area contributed by atoms with Crippen LogP contribution >= 0.6 is 15.9 Å². The van der Waals surface area contributed by atoms with Crippen molar-refractivity contribution in [2.24, 2.45) is 0 Å². The SMILES string of the molecule is CCC(c1nc(C(F)(F)F)cc(=O)[nH]1)N(CCN(C)C)Cc1ccc(Br)cc1. The van der Waals surface area contributed by atoms with Gasteiger partial charge in [-0.1, -0.05) is 35.0 Å². The Kier molecular flexibility index (Phi) is 7.79. The van der Waals surface area contributed by atoms with Gasteiger partial charge in [0.2, 0.25) is 0 Å². The quantitative estimate of drug-likeness (QED) is 0.644. The lowest BCUT2D eigenvalue weighted by Crippen LogP contribution is -2.36. The number of hydrogen-bond donors (Lipinski definition) is 1. The fourth-order valence-corrected chi connectivity index (χ4v) is 3.17. The first-order valence-electron chi connectivity index (χ1n) is 8.91. The van der Waals surface area contributed by atoms with Crippen LogP contribution in [0.3, 0.4) is 0 Å². The molecular formula is C19H24BrF3N4O. The Hall–Kier alpha value is -1.71. The fraction of sp³-hybridized carbons (Fsp3) is 0.474. The van der Waals surface area contributed by atoms with E-state index in [4.69, 9.17) is 0 Å². The summed E-state index contributed by atoms with van der Waals surface area (Å²) in [5.41, 5.74) is -0.942. The largest absolute Gasteiger partial charge is 0.433 e. The van der Waals surface area contributed by atoms with Crippen molar-refractivity contribution in [2.75, 3.05) is 27.2 Å². The van der Waals surface area contributed by atoms with E-state index in [0.29, 0.717) is 25.6 Å². The highest BCUT2D eigenvalue weighted by atomic mass is 79.9. The van der Waals surface area contributed by atoms with E-state index in [-0.39, 0.29) is 5.82 Å². The number of likely N-dealkylation sites (N-methyl/N-ethyl adjacent to an activating group) is 1. The fourth-order valence-electron chi connectivity index (χ4n) is 2.90. The third-order valence-electron chi connectivity index (χ3n) is 4.33. The second kappa shape index (κ2) is 9.67. The standard InChI is InChI=1S/C19H24BrF3N4O/c1-4-15(18-24-16(19(21,22)23)11-17(28)25-18)27(10-9-26(2)3)12-13-5-7-14(20)8-6-13/h5-8,11,15H,4,9-10,12H2,1-3H3,(H,24,25,28). The zero-order valence-electron chi connectivity index (χ0n) is 16.1. The zero-order chi connectivity index (χ0) is 20.9. The Labute approximate surface area is 170 Å². The van der Waals surface area contributed by atoms with Crippen molar-refractivity contribution < 1.29 is 13.2 Å². The second-order valence-corrected chi connectivity index (χ2v) is 7.75. The van der Waals surface area contributed by atoms with Crippen LogP contribution in [0.5, 0.6) is 0 Å². The average Bonchev–Trinajstić information content (AvgIpc) is 2.60. The van der Waals surface area contributed by atoms with Crippen LogP contribution in [0.1, 0.15) is 36.5 Å². The molecule has 154 valence electrons. The highest BCUT2D eigenvalue weighted by Gasteiger charge is 2.34. The van der Waals surface area contributed by atoms with Crippen molar-refractivity contribution in [3.8, 4) is 0 Å². The highest BCUT2D eigenvalue weighted by molar-refractivity contribution is 9.10. The molecule has 0 spiro atoms. The molecule has 1 atom stereocenters. The van der Waals surface area contributed by atoms with Crippen LogP contribution in [-0.4, -0.2) is 47.0 Å². The predicted octanol–water partition coefficient (Wildman–Crippen LogP) is 4.07. The molecule has 0 radical (unpaired) electrons. The molecule has 0 aliphatic rings. The average molecular weight is 461 g/mol. The normalized spacial score (nSPS) is 13.3. The summed E-state index contributed by atoms with van der Waals surface area (Å²) < 4.78 is 40.3. The lowest BCUT2D eigenvalue weighted by atomic mass is 10.1. The van der Waals surface area contributed by atoms with Crippen molar-refractivity contribution in [1.82, 2.24) is 19.8 Å². The predicted molar refractivity (Wildman–Crippen MR) is 106 cm³/mol. The van der Waals surface area contributed by atoms with Crippen LogP contribution in [0.4, 0.5) is 13.2 Å². The maximum Gasteiger partial charge on any atom is 0.433 e. The van der Waals surface area contributed by atoms with Crippen molar-refractivity contribution in [3.05, 3.63) is 62.2 Å². The van der Waals surface area contributed by atoms with Gasteiger partial charge < -0.3 is 9.88 Å². The lowest BCUT2D eigenvalue weighted by Gasteiger charge is -2.31. The molecule has 1 N–H and O–H groups in total. The second-order valence-electron chi connectivity index (χ2n) is 6.84. The Morgan fingerprint density at radius 2 is 1.82 bits per heavy atom. The van der Waals surface area contributed by atoms with Crippen LogP contribution in [0.25, 0.3) is 0 Å². The molecule has 1 aromatic heterocycles. The Morgan fingerprint density at radius 3 is 2.36 bits per heavy atom. The first kappa shape index (κ1) is 22.6. The third kappa shape index (κ3) is 6.42. The van der Waals surface area contributed by atoms with E-state index in [1.165, 1.54) is 0 Å². The van der Waals surface area contributed by atoms with E-state index in [2.05, 4.69) is 25.9 Å². The summed E-state index contributed by atoms with van der Waals surface area (Å²) in [7, 11) is 3.87. The van der Waals surface area contributed by atoms with E-state index in [0.717, 1.165) is 16.6 Å². The monoisotopic (exact) mass is 460 g/mol. The van der Waals surface area contributed by atoms with Crippen LogP contribution < -0.4 is 5.56 Å². The minimum atomic E-state index is -4.67. The van der Waals surface area contributed by atoms with Gasteiger partial charge in [-0.05, 0) is 38.2 Å². The van der Waals surface area contributed by atoms with Crippen molar-refractivity contribution in [1.29, 1.82) is 0 Å². The molecule has 0 saturated heterocycles. The zero-order valence-corrected chi connectivity index (χ0v) is 17.6. The smallest absolute Gasteiger partial charge is 0.309 e. The number of aromatic amines is 1. The lowest BCUT2D eigenvalue weighted by molar-refractivity contribution is -0.141. The van der Waals surface area contributed by atoms with Gasteiger partial charge in [-0.3, -0.25) is 9.69 Å². The number of rotatable bonds is 8. The molecule has 2 rings (SSSR count). The van der Waals surface area contributed by atoms with E-state index in [1.807, 2.05) is 55.1 Å². The van der Waals surface area contributed by atoms with Gasteiger partial charge in [0.1, 0.15) is 5.82 Å². The minimum absolute atomic E-state index is 0.0400. The van der Waals surface area contributed by atoms with Gasteiger partial charge in [0.15, 0.2) is 5.69 Å². The summed E-state index contributed by atoms with van der Waals surface area (Å²) >= 11 is 3.40. The Morgan fingerprint density at radius 1 is 1.18 bits per heavy atom. The summed E-state index contributed by atoms with van der Waals surface area (Å²) in [5.74, 6) is 0.0400. The number of alkyl halides is 3. The first-order chi connectivity index (χ1) is 13.1. The number of halogens is 4. The molecule has 28 heavy (non-hydrogen) atoms. The number of benzene rings is 1. The molecule has 0 amide bonds. The van der Waals surface area contributed by atoms with Crippen LogP contribution in [-0.2, 0) is 12.7 Å². The van der Waals surface area contributed by atoms with Crippen LogP contribution in [0.2, 0.25) is 0 Å². The summed E-state index contributed by atoms with van der Waals surface area (Å²) in [6.45, 7) is 3.73. The minimum Gasteiger partial charge on any atom is -0.309 e. The maximum atomic E-state index is 13.1. The summed E-state index contributed by atoms with van der Waals surface area (Å²) in [6.07, 6.45) is -4.16. The van der Waals surface area contributed by atoms with Crippen molar-refractivity contribution in [2.45, 2.75) is 32.1 Å². The van der Waals surface area contributed by atoms with Gasteiger partial charge in [0.25, 0.3) is 5.56 Å². The molecule has 0 aliphatic carbocycles. The molecule has 0 saturated carbocycles. The summed E-state index contributed by atoms with van der Waals surface area (Å²) in [6, 6.07) is 7.81. The third-order valence-corrected chi connectivity index (χ3v) is 4.86. The number of H-pyrrole nitrogens is 1. The highest BCUT2D eigenvalue weighted by Crippen LogP contribution is 2.29. The molecule has 0 aliphatic heterocycles. The van der Waals surface area contributed by atoms with E-state index >= 15 is 0 Å². The van der Waals surface area contributed by atoms with Gasteiger partial charge >= 0.3 is 6.18 Å². The van der Waals surface area contributed by atoms with Crippen LogP contribution in [0.15, 0.2) is 39.6 Å². The molecule has 5 nitrogen and oxygen atoms in total. The van der Waals surface area contributed by atoms with E-state index in [9.17, 15) is 18.0 Å². The van der Waals surface area contributed by atoms with Crippen LogP contribution in [0, 0.1) is 0 Å². The van der Waals surface area contributed by atoms with Gasteiger partial charge in [0.05, 0.1) is 6.04 Å². The van der Waals surface area contributed by atoms with E-state index < -0.39 is 23.5 Å². The first-order valence-corrected chi connectivity index (χ1v) is 9.71. The molecule has 0 bridgehead atoms. The molecule has 1 aromatic carbocycles. The van der Waals surface area contributed by atoms with Crippen molar-refractivity contribution in [3.63, 3.8) is 0 Å². The van der Waals surface area contributed by atoms with Gasteiger partial charge in [0, 0.05) is 30.2 Å². The van der Waals surface area contributed by atoms with Gasteiger partial charge in [-0.15, -0.1) is 0 Å². The number of nitrogens with zero attached hydrogens (tertiary/aromatic N) is 3. The molecule has 1 unspecified atom stereocenters. The maximum absolute atomic E-state index is 13.1. The summed E-state index contributed by atoms with van der Waals surface area (Å²) in [5, 5.41) is 0. The Bertz CT molecular complexity index is 821. The van der Waals surface area contributed by atoms with Crippen molar-refractivity contribution >= 4 is 15.9 Å². The van der Waals surface area contributed by atoms with Gasteiger partial charge in [-0.2, -0.15) is 13.2 Å². The summed E-state index contributed by atoms with van der Waals surface area (Å²) in [4.78, 5) is 22.1. The number of nitrogens with one attached hydrogen (secondary N) is 1. The molecule has 0 fully saturated rings. The number of aromatic nitrogens is 2. The van der Waals surface area contributed by atoms with E-state index in [1.54, 1.807) is 0 Å². The van der Waals surface area contributed by atoms with Gasteiger partial charge in [-0.25, -0.2) is 4.98 Å². The molecule has 9 heteroatoms. The molecule has 1 heterocycles. The Balaban J connectivity index is 2.39. The molecular weight excluding hydrogens is 437 g/mol. The number of hydrogen-bond acceptors (Lipinski definition) is 4.